The summed E-state index contributed by atoms with van der Waals surface area (Å²) in [4.78, 5) is 16.0. The molecule has 0 fully saturated rings. The van der Waals surface area contributed by atoms with Crippen molar-refractivity contribution < 1.29 is 4.79 Å². The van der Waals surface area contributed by atoms with Gasteiger partial charge >= 0.3 is 0 Å². The van der Waals surface area contributed by atoms with Gasteiger partial charge in [0.05, 0.1) is 6.54 Å². The van der Waals surface area contributed by atoms with Crippen LogP contribution >= 0.6 is 11.3 Å². The van der Waals surface area contributed by atoms with Crippen LogP contribution in [0.25, 0.3) is 0 Å². The second-order valence-corrected chi connectivity index (χ2v) is 6.75. The number of thiophene rings is 1. The molecule has 1 aliphatic rings. The van der Waals surface area contributed by atoms with Gasteiger partial charge in [0.2, 0.25) is 0 Å². The summed E-state index contributed by atoms with van der Waals surface area (Å²) in [5.41, 5.74) is 3.20. The zero-order valence-electron chi connectivity index (χ0n) is 12.7. The predicted octanol–water partition coefficient (Wildman–Crippen LogP) is 3.19. The monoisotopic (exact) mass is 323 g/mol. The van der Waals surface area contributed by atoms with Crippen molar-refractivity contribution in [2.75, 3.05) is 6.54 Å². The molecule has 0 radical (unpaired) electrons. The maximum atomic E-state index is 12.7. The highest BCUT2D eigenvalue weighted by molar-refractivity contribution is 7.10. The third kappa shape index (κ3) is 2.92. The van der Waals surface area contributed by atoms with Crippen molar-refractivity contribution in [3.8, 4) is 0 Å². The van der Waals surface area contributed by atoms with Gasteiger partial charge in [0, 0.05) is 35.9 Å². The Labute approximate surface area is 139 Å². The van der Waals surface area contributed by atoms with Crippen LogP contribution in [0, 0.1) is 0 Å². The van der Waals surface area contributed by atoms with Gasteiger partial charge in [0.25, 0.3) is 5.91 Å². The molecule has 1 aromatic carbocycles. The van der Waals surface area contributed by atoms with Crippen molar-refractivity contribution in [1.82, 2.24) is 14.7 Å². The van der Waals surface area contributed by atoms with Crippen LogP contribution in [-0.4, -0.2) is 27.1 Å². The number of hydrogen-bond acceptors (Lipinski definition) is 3. The fourth-order valence-corrected chi connectivity index (χ4v) is 3.83. The van der Waals surface area contributed by atoms with Crippen molar-refractivity contribution in [2.45, 2.75) is 19.5 Å². The molecule has 23 heavy (non-hydrogen) atoms. The highest BCUT2D eigenvalue weighted by atomic mass is 32.1. The van der Waals surface area contributed by atoms with E-state index < -0.39 is 0 Å². The number of carbonyl (C=O) groups excluding carboxylic acids is 1. The van der Waals surface area contributed by atoms with Gasteiger partial charge in [0.15, 0.2) is 0 Å². The van der Waals surface area contributed by atoms with E-state index in [0.29, 0.717) is 0 Å². The summed E-state index contributed by atoms with van der Waals surface area (Å²) in [7, 11) is 0. The molecule has 0 spiro atoms. The Bertz CT molecular complexity index is 805. The Balaban J connectivity index is 1.46. The van der Waals surface area contributed by atoms with Crippen LogP contribution in [0.2, 0.25) is 0 Å². The van der Waals surface area contributed by atoms with Crippen molar-refractivity contribution in [1.29, 1.82) is 0 Å². The largest absolute Gasteiger partial charge is 0.334 e. The molecule has 0 saturated carbocycles. The molecule has 1 amide bonds. The molecule has 116 valence electrons. The highest BCUT2D eigenvalue weighted by Crippen LogP contribution is 2.25. The first kappa shape index (κ1) is 14.2. The van der Waals surface area contributed by atoms with E-state index in [4.69, 9.17) is 0 Å². The number of carbonyl (C=O) groups is 1. The standard InChI is InChI=1S/C18H17N3OS/c22-18(20-10-6-17-16(13-20)7-11-23-17)15-4-2-14(3-5-15)12-21-9-1-8-19-21/h1-5,7-9,11H,6,10,12-13H2. The van der Waals surface area contributed by atoms with Crippen molar-refractivity contribution >= 4 is 17.2 Å². The van der Waals surface area contributed by atoms with E-state index in [2.05, 4.69) is 16.5 Å². The molecule has 3 aromatic rings. The SMILES string of the molecule is O=C(c1ccc(Cn2cccn2)cc1)N1CCc2sccc2C1. The lowest BCUT2D eigenvalue weighted by molar-refractivity contribution is 0.0736. The fourth-order valence-electron chi connectivity index (χ4n) is 2.94. The summed E-state index contributed by atoms with van der Waals surface area (Å²) in [6.07, 6.45) is 4.67. The van der Waals surface area contributed by atoms with Gasteiger partial charge in [-0.05, 0) is 47.2 Å². The first-order valence-corrected chi connectivity index (χ1v) is 8.58. The van der Waals surface area contributed by atoms with E-state index in [1.54, 1.807) is 17.5 Å². The zero-order chi connectivity index (χ0) is 15.6. The van der Waals surface area contributed by atoms with Crippen LogP contribution in [0.4, 0.5) is 0 Å². The molecule has 2 aromatic heterocycles. The molecule has 4 rings (SSSR count). The lowest BCUT2D eigenvalue weighted by Gasteiger charge is -2.27. The Morgan fingerprint density at radius 2 is 2.09 bits per heavy atom. The van der Waals surface area contributed by atoms with E-state index in [9.17, 15) is 4.79 Å². The molecule has 0 aliphatic carbocycles. The number of rotatable bonds is 3. The summed E-state index contributed by atoms with van der Waals surface area (Å²) in [5.74, 6) is 0.118. The number of fused-ring (bicyclic) bond motifs is 1. The maximum absolute atomic E-state index is 12.7. The third-order valence-corrected chi connectivity index (χ3v) is 5.22. The molecule has 1 aliphatic heterocycles. The molecule has 5 heteroatoms. The summed E-state index contributed by atoms with van der Waals surface area (Å²) >= 11 is 1.79. The molecule has 0 N–H and O–H groups in total. The van der Waals surface area contributed by atoms with E-state index >= 15 is 0 Å². The smallest absolute Gasteiger partial charge is 0.254 e. The average Bonchev–Trinajstić information content (AvgIpc) is 3.25. The number of hydrogen-bond donors (Lipinski definition) is 0. The van der Waals surface area contributed by atoms with Crippen LogP contribution in [-0.2, 0) is 19.5 Å². The minimum absolute atomic E-state index is 0.118. The fraction of sp³-hybridized carbons (Fsp3) is 0.222. The first-order chi connectivity index (χ1) is 11.3. The number of benzene rings is 1. The second kappa shape index (κ2) is 6.01. The van der Waals surface area contributed by atoms with Crippen molar-refractivity contribution in [3.05, 3.63) is 75.7 Å². The summed E-state index contributed by atoms with van der Waals surface area (Å²) in [6, 6.07) is 11.9. The summed E-state index contributed by atoms with van der Waals surface area (Å²) < 4.78 is 1.87. The summed E-state index contributed by atoms with van der Waals surface area (Å²) in [6.45, 7) is 2.26. The van der Waals surface area contributed by atoms with E-state index in [0.717, 1.165) is 37.2 Å². The van der Waals surface area contributed by atoms with E-state index in [-0.39, 0.29) is 5.91 Å². The Kier molecular flexibility index (Phi) is 3.71. The minimum atomic E-state index is 0.118. The van der Waals surface area contributed by atoms with Gasteiger partial charge in [-0.25, -0.2) is 0 Å². The topological polar surface area (TPSA) is 38.1 Å². The molecule has 0 atom stereocenters. The maximum Gasteiger partial charge on any atom is 0.254 e. The normalized spacial score (nSPS) is 13.8. The van der Waals surface area contributed by atoms with Gasteiger partial charge < -0.3 is 4.90 Å². The predicted molar refractivity (Wildman–Crippen MR) is 90.5 cm³/mol. The van der Waals surface area contributed by atoms with Gasteiger partial charge in [-0.3, -0.25) is 9.48 Å². The first-order valence-electron chi connectivity index (χ1n) is 7.70. The molecular formula is C18H17N3OS. The van der Waals surface area contributed by atoms with Crippen molar-refractivity contribution in [3.63, 3.8) is 0 Å². The van der Waals surface area contributed by atoms with Gasteiger partial charge in [-0.15, -0.1) is 11.3 Å². The number of amides is 1. The van der Waals surface area contributed by atoms with E-state index in [1.807, 2.05) is 46.1 Å². The van der Waals surface area contributed by atoms with Crippen LogP contribution in [0.3, 0.4) is 0 Å². The lowest BCUT2D eigenvalue weighted by Crippen LogP contribution is -2.35. The quantitative estimate of drug-likeness (QED) is 0.742. The lowest BCUT2D eigenvalue weighted by atomic mass is 10.1. The van der Waals surface area contributed by atoms with Gasteiger partial charge in [0.1, 0.15) is 0 Å². The zero-order valence-corrected chi connectivity index (χ0v) is 13.5. The third-order valence-electron chi connectivity index (χ3n) is 4.20. The highest BCUT2D eigenvalue weighted by Gasteiger charge is 2.22. The molecule has 0 unspecified atom stereocenters. The molecule has 0 saturated heterocycles. The molecule has 0 bridgehead atoms. The molecular weight excluding hydrogens is 306 g/mol. The van der Waals surface area contributed by atoms with E-state index in [1.165, 1.54) is 10.4 Å². The van der Waals surface area contributed by atoms with Crippen LogP contribution in [0.5, 0.6) is 0 Å². The van der Waals surface area contributed by atoms with Crippen LogP contribution < -0.4 is 0 Å². The second-order valence-electron chi connectivity index (χ2n) is 5.75. The van der Waals surface area contributed by atoms with Crippen molar-refractivity contribution in [2.24, 2.45) is 0 Å². The molecule has 4 nitrogen and oxygen atoms in total. The Hall–Kier alpha value is -2.40. The minimum Gasteiger partial charge on any atom is -0.334 e. The van der Waals surface area contributed by atoms with Crippen LogP contribution in [0.1, 0.15) is 26.4 Å². The van der Waals surface area contributed by atoms with Gasteiger partial charge in [-0.2, -0.15) is 5.10 Å². The Morgan fingerprint density at radius 1 is 1.22 bits per heavy atom. The number of nitrogens with zero attached hydrogens (tertiary/aromatic N) is 3. The van der Waals surface area contributed by atoms with Gasteiger partial charge in [-0.1, -0.05) is 12.1 Å². The number of aromatic nitrogens is 2. The Morgan fingerprint density at radius 3 is 2.87 bits per heavy atom. The summed E-state index contributed by atoms with van der Waals surface area (Å²) in [5, 5.41) is 6.32. The average molecular weight is 323 g/mol. The molecule has 3 heterocycles. The van der Waals surface area contributed by atoms with Crippen LogP contribution in [0.15, 0.2) is 54.2 Å².